The second-order valence-electron chi connectivity index (χ2n) is 7.91. The highest BCUT2D eigenvalue weighted by Crippen LogP contribution is 2.30. The van der Waals surface area contributed by atoms with Crippen molar-refractivity contribution in [2.45, 2.75) is 79.7 Å². The molecule has 0 bridgehead atoms. The molecule has 2 rings (SSSR count). The highest BCUT2D eigenvalue weighted by atomic mass is 16.7. The van der Waals surface area contributed by atoms with Crippen LogP contribution in [0.15, 0.2) is 0 Å². The Hall–Kier alpha value is -0.930. The molecule has 2 heterocycles. The molecule has 200 valence electrons. The van der Waals surface area contributed by atoms with Gasteiger partial charge in [-0.2, -0.15) is 0 Å². The Morgan fingerprint density at radius 2 is 1.29 bits per heavy atom. The summed E-state index contributed by atoms with van der Waals surface area (Å²) < 4.78 is 21.0. The van der Waals surface area contributed by atoms with E-state index < -0.39 is 112 Å². The zero-order valence-electron chi connectivity index (χ0n) is 17.8. The van der Waals surface area contributed by atoms with Crippen LogP contribution in [0.5, 0.6) is 0 Å². The van der Waals surface area contributed by atoms with E-state index >= 15 is 0 Å². The number of carbonyl (C=O) groups excluding carboxylic acids is 1. The van der Waals surface area contributed by atoms with Crippen LogP contribution in [-0.4, -0.2) is 168 Å². The third-order valence-corrected chi connectivity index (χ3v) is 5.56. The molecular formula is C18H32O16. The molecule has 2 aliphatic heterocycles. The van der Waals surface area contributed by atoms with E-state index in [9.17, 15) is 50.8 Å². The van der Waals surface area contributed by atoms with E-state index in [2.05, 4.69) is 0 Å². The second kappa shape index (κ2) is 12.9. The Bertz CT molecular complexity index is 633. The minimum absolute atomic E-state index is 0.765. The predicted molar refractivity (Wildman–Crippen MR) is 102 cm³/mol. The predicted octanol–water partition coefficient (Wildman–Crippen LogP) is -7.73. The molecule has 0 aromatic carbocycles. The van der Waals surface area contributed by atoms with Gasteiger partial charge in [0, 0.05) is 0 Å². The average molecular weight is 504 g/mol. The number of aliphatic hydroxyl groups is 11. The van der Waals surface area contributed by atoms with Crippen molar-refractivity contribution < 1.29 is 79.9 Å². The number of Topliss-reactive ketones (excluding diaryl/α,β-unsaturated/α-hetero) is 1. The smallest absolute Gasteiger partial charge is 0.195 e. The fourth-order valence-electron chi connectivity index (χ4n) is 3.53. The van der Waals surface area contributed by atoms with Gasteiger partial charge < -0.3 is 75.1 Å². The van der Waals surface area contributed by atoms with Gasteiger partial charge in [0.25, 0.3) is 0 Å². The van der Waals surface area contributed by atoms with Crippen molar-refractivity contribution in [3.63, 3.8) is 0 Å². The Balaban J connectivity index is 2.17. The summed E-state index contributed by atoms with van der Waals surface area (Å²) in [5.41, 5.74) is 0. The highest BCUT2D eigenvalue weighted by molar-refractivity contribution is 5.87. The van der Waals surface area contributed by atoms with Crippen LogP contribution >= 0.6 is 0 Å². The average Bonchev–Trinajstić information content (AvgIpc) is 2.84. The normalized spacial score (nSPS) is 41.6. The first-order valence-corrected chi connectivity index (χ1v) is 10.4. The summed E-state index contributed by atoms with van der Waals surface area (Å²) in [6, 6.07) is 0. The molecule has 34 heavy (non-hydrogen) atoms. The van der Waals surface area contributed by atoms with Gasteiger partial charge in [-0.3, -0.25) is 4.79 Å². The van der Waals surface area contributed by atoms with Crippen molar-refractivity contribution in [2.24, 2.45) is 0 Å². The first-order valence-electron chi connectivity index (χ1n) is 10.4. The van der Waals surface area contributed by atoms with Crippen LogP contribution in [-0.2, 0) is 23.7 Å². The number of hydrogen-bond donors (Lipinski definition) is 11. The van der Waals surface area contributed by atoms with Crippen molar-refractivity contribution in [3.05, 3.63) is 0 Å². The lowest BCUT2D eigenvalue weighted by Gasteiger charge is -2.46. The Morgan fingerprint density at radius 3 is 1.82 bits per heavy atom. The molecule has 11 N–H and O–H groups in total. The van der Waals surface area contributed by atoms with Gasteiger partial charge in [-0.15, -0.1) is 0 Å². The molecule has 16 heteroatoms. The Kier molecular flexibility index (Phi) is 11.1. The summed E-state index contributed by atoms with van der Waals surface area (Å²) in [5, 5.41) is 107. The van der Waals surface area contributed by atoms with Gasteiger partial charge in [0.15, 0.2) is 18.4 Å². The van der Waals surface area contributed by atoms with Crippen molar-refractivity contribution in [2.75, 3.05) is 26.4 Å². The lowest BCUT2D eigenvalue weighted by Crippen LogP contribution is -2.65. The van der Waals surface area contributed by atoms with Crippen LogP contribution in [0.2, 0.25) is 0 Å². The van der Waals surface area contributed by atoms with Crippen LogP contribution in [0.3, 0.4) is 0 Å². The molecule has 0 unspecified atom stereocenters. The first kappa shape index (κ1) is 29.3. The van der Waals surface area contributed by atoms with Gasteiger partial charge in [0.05, 0.1) is 26.4 Å². The second-order valence-corrected chi connectivity index (χ2v) is 7.91. The molecule has 0 saturated carbocycles. The van der Waals surface area contributed by atoms with Crippen LogP contribution in [0.4, 0.5) is 0 Å². The number of aliphatic hydroxyl groups excluding tert-OH is 11. The lowest BCUT2D eigenvalue weighted by molar-refractivity contribution is -0.363. The third kappa shape index (κ3) is 6.25. The summed E-state index contributed by atoms with van der Waals surface area (Å²) in [4.78, 5) is 12.2. The van der Waals surface area contributed by atoms with E-state index in [1.165, 1.54) is 0 Å². The molecule has 0 aromatic rings. The van der Waals surface area contributed by atoms with Crippen LogP contribution < -0.4 is 0 Å². The van der Waals surface area contributed by atoms with Crippen LogP contribution in [0, 0.1) is 0 Å². The van der Waals surface area contributed by atoms with Crippen molar-refractivity contribution >= 4 is 5.78 Å². The third-order valence-electron chi connectivity index (χ3n) is 5.56. The van der Waals surface area contributed by atoms with Gasteiger partial charge in [0.2, 0.25) is 0 Å². The minimum atomic E-state index is -2.02. The van der Waals surface area contributed by atoms with E-state index in [1.807, 2.05) is 0 Å². The molecule has 16 nitrogen and oxygen atoms in total. The van der Waals surface area contributed by atoms with E-state index in [-0.39, 0.29) is 0 Å². The molecule has 2 saturated heterocycles. The van der Waals surface area contributed by atoms with Gasteiger partial charge in [-0.1, -0.05) is 0 Å². The largest absolute Gasteiger partial charge is 0.394 e. The van der Waals surface area contributed by atoms with Gasteiger partial charge in [-0.25, -0.2) is 0 Å². The fourth-order valence-corrected chi connectivity index (χ4v) is 3.53. The number of hydrogen-bond acceptors (Lipinski definition) is 16. The van der Waals surface area contributed by atoms with E-state index in [0.717, 1.165) is 0 Å². The monoisotopic (exact) mass is 504 g/mol. The quantitative estimate of drug-likeness (QED) is 0.125. The molecule has 13 atom stereocenters. The van der Waals surface area contributed by atoms with Crippen molar-refractivity contribution in [3.8, 4) is 0 Å². The highest BCUT2D eigenvalue weighted by Gasteiger charge is 2.51. The van der Waals surface area contributed by atoms with Crippen molar-refractivity contribution in [1.29, 1.82) is 0 Å². The van der Waals surface area contributed by atoms with E-state index in [1.54, 1.807) is 0 Å². The maximum Gasteiger partial charge on any atom is 0.195 e. The molecule has 0 amide bonds. The van der Waals surface area contributed by atoms with Crippen molar-refractivity contribution in [1.82, 2.24) is 0 Å². The first-order chi connectivity index (χ1) is 16.0. The maximum absolute atomic E-state index is 12.2. The Morgan fingerprint density at radius 1 is 0.735 bits per heavy atom. The van der Waals surface area contributed by atoms with Gasteiger partial charge >= 0.3 is 0 Å². The zero-order valence-corrected chi connectivity index (χ0v) is 17.8. The standard InChI is InChI=1S/C18H32O16/c19-1-5(23)9(25)15(6(24)2-20)33-18-14(30)12(28)16(8(4-22)32-18)34-17-13(29)11(27)10(26)7(3-21)31-17/h5-8,10-24,26-30H,1-4H2/t5-,6+,7+,8+,10+,11-,12+,13+,14+,15+,16+,17+,18+/m0/s1. The van der Waals surface area contributed by atoms with E-state index in [0.29, 0.717) is 0 Å². The number of ketones is 1. The number of rotatable bonds is 11. The van der Waals surface area contributed by atoms with E-state index in [4.69, 9.17) is 29.2 Å². The fraction of sp³-hybridized carbons (Fsp3) is 0.944. The molecule has 2 fully saturated rings. The van der Waals surface area contributed by atoms with Crippen LogP contribution in [0.1, 0.15) is 0 Å². The summed E-state index contributed by atoms with van der Waals surface area (Å²) in [7, 11) is 0. The molecule has 0 spiro atoms. The summed E-state index contributed by atoms with van der Waals surface area (Å²) in [6.07, 6.45) is -23.4. The Labute approximate surface area is 192 Å². The molecular weight excluding hydrogens is 472 g/mol. The molecule has 0 aromatic heterocycles. The lowest BCUT2D eigenvalue weighted by atomic mass is 9.96. The van der Waals surface area contributed by atoms with Gasteiger partial charge in [0.1, 0.15) is 67.1 Å². The zero-order chi connectivity index (χ0) is 25.7. The molecule has 2 aliphatic rings. The topological polar surface area (TPSA) is 277 Å². The minimum Gasteiger partial charge on any atom is -0.394 e. The summed E-state index contributed by atoms with van der Waals surface area (Å²) in [6.45, 7) is -3.71. The maximum atomic E-state index is 12.2. The SMILES string of the molecule is O=C([C@@H](O)CO)[C@H](O[C@H]1O[C@H](CO)[C@@H](O[C@H]2O[C@H](CO)[C@@H](O)[C@H](O)[C@H]2O)[C@H](O)[C@H]1O)[C@H](O)CO. The number of ether oxygens (including phenoxy) is 4. The van der Waals surface area contributed by atoms with Crippen LogP contribution in [0.25, 0.3) is 0 Å². The summed E-state index contributed by atoms with van der Waals surface area (Å²) >= 11 is 0. The van der Waals surface area contributed by atoms with Gasteiger partial charge in [-0.05, 0) is 0 Å². The number of carbonyl (C=O) groups is 1. The molecule has 0 aliphatic carbocycles. The molecule has 0 radical (unpaired) electrons. The summed E-state index contributed by atoms with van der Waals surface area (Å²) in [5.74, 6) is -1.27.